The fourth-order valence-electron chi connectivity index (χ4n) is 2.15. The van der Waals surface area contributed by atoms with E-state index in [0.29, 0.717) is 31.2 Å². The number of nitrogens with one attached hydrogen (secondary N) is 1. The fourth-order valence-corrected chi connectivity index (χ4v) is 2.15. The van der Waals surface area contributed by atoms with E-state index in [1.807, 2.05) is 27.7 Å². The second-order valence-corrected chi connectivity index (χ2v) is 5.26. The van der Waals surface area contributed by atoms with Gasteiger partial charge in [0.25, 0.3) is 11.6 Å². The van der Waals surface area contributed by atoms with Gasteiger partial charge >= 0.3 is 0 Å². The standard InChI is InChI=1S/C15H23N3O3/c1-5-16-12-7-8-14(18(20)21)13(9-12)15(19)17(6-2)10-11(3)4/h7-9,11,16H,5-6,10H2,1-4H3. The van der Waals surface area contributed by atoms with Crippen LogP contribution < -0.4 is 5.32 Å². The summed E-state index contributed by atoms with van der Waals surface area (Å²) >= 11 is 0. The lowest BCUT2D eigenvalue weighted by molar-refractivity contribution is -0.385. The van der Waals surface area contributed by atoms with Crippen LogP contribution in [0.5, 0.6) is 0 Å². The van der Waals surface area contributed by atoms with Gasteiger partial charge in [-0.15, -0.1) is 0 Å². The van der Waals surface area contributed by atoms with Gasteiger partial charge in [0.2, 0.25) is 0 Å². The lowest BCUT2D eigenvalue weighted by Gasteiger charge is -2.23. The zero-order valence-corrected chi connectivity index (χ0v) is 13.0. The Bertz CT molecular complexity index is 515. The van der Waals surface area contributed by atoms with Crippen LogP contribution in [0, 0.1) is 16.0 Å². The van der Waals surface area contributed by atoms with Gasteiger partial charge in [0, 0.05) is 31.4 Å². The summed E-state index contributed by atoms with van der Waals surface area (Å²) < 4.78 is 0. The van der Waals surface area contributed by atoms with Gasteiger partial charge in [-0.1, -0.05) is 13.8 Å². The molecule has 1 amide bonds. The van der Waals surface area contributed by atoms with Crippen LogP contribution in [-0.2, 0) is 0 Å². The number of carbonyl (C=O) groups excluding carboxylic acids is 1. The number of hydrogen-bond acceptors (Lipinski definition) is 4. The quantitative estimate of drug-likeness (QED) is 0.619. The van der Waals surface area contributed by atoms with Crippen LogP contribution in [0.3, 0.4) is 0 Å². The number of anilines is 1. The molecule has 0 aliphatic heterocycles. The monoisotopic (exact) mass is 293 g/mol. The van der Waals surface area contributed by atoms with Crippen LogP contribution in [-0.4, -0.2) is 35.4 Å². The number of nitrogens with zero attached hydrogens (tertiary/aromatic N) is 2. The highest BCUT2D eigenvalue weighted by molar-refractivity contribution is 5.99. The highest BCUT2D eigenvalue weighted by Gasteiger charge is 2.24. The number of amides is 1. The van der Waals surface area contributed by atoms with Crippen LogP contribution in [0.1, 0.15) is 38.1 Å². The minimum Gasteiger partial charge on any atom is -0.385 e. The van der Waals surface area contributed by atoms with Crippen molar-refractivity contribution in [2.45, 2.75) is 27.7 Å². The maximum absolute atomic E-state index is 12.6. The van der Waals surface area contributed by atoms with Crippen LogP contribution in [0.25, 0.3) is 0 Å². The number of nitro groups is 1. The van der Waals surface area contributed by atoms with Gasteiger partial charge in [0.15, 0.2) is 0 Å². The van der Waals surface area contributed by atoms with Gasteiger partial charge < -0.3 is 10.2 Å². The summed E-state index contributed by atoms with van der Waals surface area (Å²) in [7, 11) is 0. The summed E-state index contributed by atoms with van der Waals surface area (Å²) in [6.07, 6.45) is 0. The van der Waals surface area contributed by atoms with Crippen molar-refractivity contribution in [1.82, 2.24) is 4.90 Å². The first-order valence-corrected chi connectivity index (χ1v) is 7.22. The molecular formula is C15H23N3O3. The molecule has 0 spiro atoms. The number of rotatable bonds is 7. The van der Waals surface area contributed by atoms with E-state index in [4.69, 9.17) is 0 Å². The Morgan fingerprint density at radius 1 is 1.38 bits per heavy atom. The van der Waals surface area contributed by atoms with E-state index in [9.17, 15) is 14.9 Å². The largest absolute Gasteiger partial charge is 0.385 e. The van der Waals surface area contributed by atoms with Crippen LogP contribution in [0.4, 0.5) is 11.4 Å². The summed E-state index contributed by atoms with van der Waals surface area (Å²) in [5, 5.41) is 14.2. The number of carbonyl (C=O) groups is 1. The average molecular weight is 293 g/mol. The highest BCUT2D eigenvalue weighted by atomic mass is 16.6. The summed E-state index contributed by atoms with van der Waals surface area (Å²) in [5.74, 6) is 0.0163. The first-order valence-electron chi connectivity index (χ1n) is 7.22. The Morgan fingerprint density at radius 3 is 2.52 bits per heavy atom. The maximum atomic E-state index is 12.6. The van der Waals surface area contributed by atoms with E-state index in [1.54, 1.807) is 17.0 Å². The number of benzene rings is 1. The molecule has 0 aliphatic carbocycles. The summed E-state index contributed by atoms with van der Waals surface area (Å²) in [4.78, 5) is 24.9. The Kier molecular flexibility index (Phi) is 6.14. The Hall–Kier alpha value is -2.11. The molecule has 0 unspecified atom stereocenters. The number of nitro benzene ring substituents is 1. The van der Waals surface area contributed by atoms with Crippen LogP contribution in [0.15, 0.2) is 18.2 Å². The van der Waals surface area contributed by atoms with E-state index < -0.39 is 4.92 Å². The van der Waals surface area contributed by atoms with E-state index >= 15 is 0 Å². The molecular weight excluding hydrogens is 270 g/mol. The molecule has 1 N–H and O–H groups in total. The van der Waals surface area contributed by atoms with Crippen LogP contribution in [0.2, 0.25) is 0 Å². The molecule has 0 saturated heterocycles. The molecule has 0 heterocycles. The second kappa shape index (κ2) is 7.61. The van der Waals surface area contributed by atoms with Crippen molar-refractivity contribution in [3.63, 3.8) is 0 Å². The zero-order chi connectivity index (χ0) is 16.0. The molecule has 1 rings (SSSR count). The molecule has 21 heavy (non-hydrogen) atoms. The first-order chi connectivity index (χ1) is 9.90. The van der Waals surface area contributed by atoms with Gasteiger partial charge in [0.1, 0.15) is 5.56 Å². The summed E-state index contributed by atoms with van der Waals surface area (Å²) in [6.45, 7) is 9.63. The summed E-state index contributed by atoms with van der Waals surface area (Å²) in [5.41, 5.74) is 0.705. The molecule has 6 heteroatoms. The van der Waals surface area contributed by atoms with Crippen molar-refractivity contribution in [2.75, 3.05) is 25.0 Å². The molecule has 0 fully saturated rings. The zero-order valence-electron chi connectivity index (χ0n) is 13.0. The van der Waals surface area contributed by atoms with Crippen molar-refractivity contribution in [3.8, 4) is 0 Å². The molecule has 0 aliphatic rings. The van der Waals surface area contributed by atoms with Crippen molar-refractivity contribution < 1.29 is 9.72 Å². The molecule has 0 aromatic heterocycles. The molecule has 0 saturated carbocycles. The normalized spacial score (nSPS) is 10.5. The van der Waals surface area contributed by atoms with Crippen molar-refractivity contribution >= 4 is 17.3 Å². The van der Waals surface area contributed by atoms with Crippen molar-refractivity contribution in [3.05, 3.63) is 33.9 Å². The highest BCUT2D eigenvalue weighted by Crippen LogP contribution is 2.24. The minimum absolute atomic E-state index is 0.140. The predicted molar refractivity (Wildman–Crippen MR) is 83.7 cm³/mol. The smallest absolute Gasteiger partial charge is 0.282 e. The third-order valence-electron chi connectivity index (χ3n) is 3.06. The van der Waals surface area contributed by atoms with Gasteiger partial charge in [0.05, 0.1) is 4.92 Å². The van der Waals surface area contributed by atoms with Gasteiger partial charge in [-0.3, -0.25) is 14.9 Å². The molecule has 1 aromatic rings. The third kappa shape index (κ3) is 4.44. The Labute approximate surface area is 125 Å². The molecule has 0 bridgehead atoms. The molecule has 116 valence electrons. The third-order valence-corrected chi connectivity index (χ3v) is 3.06. The van der Waals surface area contributed by atoms with Gasteiger partial charge in [-0.25, -0.2) is 0 Å². The SMILES string of the molecule is CCNc1ccc([N+](=O)[O-])c(C(=O)N(CC)CC(C)C)c1. The van der Waals surface area contributed by atoms with Crippen molar-refractivity contribution in [2.24, 2.45) is 5.92 Å². The van der Waals surface area contributed by atoms with Crippen LogP contribution >= 0.6 is 0 Å². The molecule has 6 nitrogen and oxygen atoms in total. The molecule has 1 aromatic carbocycles. The Morgan fingerprint density at radius 2 is 2.05 bits per heavy atom. The Balaban J connectivity index is 3.20. The minimum atomic E-state index is -0.508. The van der Waals surface area contributed by atoms with Gasteiger partial charge in [-0.05, 0) is 31.9 Å². The van der Waals surface area contributed by atoms with E-state index in [0.717, 1.165) is 0 Å². The topological polar surface area (TPSA) is 75.5 Å². The lowest BCUT2D eigenvalue weighted by Crippen LogP contribution is -2.34. The van der Waals surface area contributed by atoms with E-state index in [-0.39, 0.29) is 17.2 Å². The van der Waals surface area contributed by atoms with Gasteiger partial charge in [-0.2, -0.15) is 0 Å². The van der Waals surface area contributed by atoms with Crippen molar-refractivity contribution in [1.29, 1.82) is 0 Å². The van der Waals surface area contributed by atoms with E-state index in [2.05, 4.69) is 5.32 Å². The number of hydrogen-bond donors (Lipinski definition) is 1. The lowest BCUT2D eigenvalue weighted by atomic mass is 10.1. The second-order valence-electron chi connectivity index (χ2n) is 5.26. The maximum Gasteiger partial charge on any atom is 0.282 e. The molecule has 0 radical (unpaired) electrons. The average Bonchev–Trinajstić information content (AvgIpc) is 2.43. The van der Waals surface area contributed by atoms with E-state index in [1.165, 1.54) is 6.07 Å². The first kappa shape index (κ1) is 16.9. The fraction of sp³-hybridized carbons (Fsp3) is 0.533. The summed E-state index contributed by atoms with van der Waals surface area (Å²) in [6, 6.07) is 4.57. The predicted octanol–water partition coefficient (Wildman–Crippen LogP) is 3.14. The molecule has 0 atom stereocenters.